The molecule has 0 aromatic carbocycles. The molecule has 0 aromatic heterocycles. The van der Waals surface area contributed by atoms with Crippen LogP contribution < -0.4 is 5.73 Å². The molecule has 2 nitrogen and oxygen atoms in total. The van der Waals surface area contributed by atoms with Crippen molar-refractivity contribution in [2.75, 3.05) is 0 Å². The van der Waals surface area contributed by atoms with Gasteiger partial charge in [-0.25, -0.2) is 0 Å². The number of hydrogen-bond donors (Lipinski definition) is 2. The standard InChI is InChI=1S/C8H17NO/c1-5-6-8(4,10)7(2,3)9/h5,10H,1,6,9H2,2-4H3. The molecule has 0 amide bonds. The van der Waals surface area contributed by atoms with Gasteiger partial charge in [-0.05, 0) is 27.2 Å². The number of hydrogen-bond acceptors (Lipinski definition) is 2. The highest BCUT2D eigenvalue weighted by Gasteiger charge is 2.34. The minimum absolute atomic E-state index is 0.524. The molecule has 0 heterocycles. The van der Waals surface area contributed by atoms with Crippen molar-refractivity contribution in [1.29, 1.82) is 0 Å². The molecule has 0 radical (unpaired) electrons. The Balaban J connectivity index is 4.23. The largest absolute Gasteiger partial charge is 0.388 e. The van der Waals surface area contributed by atoms with Crippen molar-refractivity contribution in [2.45, 2.75) is 38.3 Å². The van der Waals surface area contributed by atoms with Crippen LogP contribution in [0.15, 0.2) is 12.7 Å². The smallest absolute Gasteiger partial charge is 0.0827 e. The first-order chi connectivity index (χ1) is 4.31. The van der Waals surface area contributed by atoms with Crippen molar-refractivity contribution >= 4 is 0 Å². The molecule has 0 fully saturated rings. The summed E-state index contributed by atoms with van der Waals surface area (Å²) < 4.78 is 0. The molecule has 0 saturated carbocycles. The van der Waals surface area contributed by atoms with Crippen LogP contribution in [-0.4, -0.2) is 16.2 Å². The van der Waals surface area contributed by atoms with Crippen molar-refractivity contribution < 1.29 is 5.11 Å². The van der Waals surface area contributed by atoms with Crippen molar-refractivity contribution in [1.82, 2.24) is 0 Å². The van der Waals surface area contributed by atoms with Gasteiger partial charge in [0.2, 0.25) is 0 Å². The van der Waals surface area contributed by atoms with E-state index in [-0.39, 0.29) is 0 Å². The van der Waals surface area contributed by atoms with Gasteiger partial charge in [-0.1, -0.05) is 6.08 Å². The molecule has 60 valence electrons. The summed E-state index contributed by atoms with van der Waals surface area (Å²) in [6.45, 7) is 8.86. The predicted molar refractivity (Wildman–Crippen MR) is 43.7 cm³/mol. The maximum Gasteiger partial charge on any atom is 0.0827 e. The Kier molecular flexibility index (Phi) is 2.63. The summed E-state index contributed by atoms with van der Waals surface area (Å²) in [4.78, 5) is 0. The van der Waals surface area contributed by atoms with E-state index in [1.54, 1.807) is 26.8 Å². The van der Waals surface area contributed by atoms with Gasteiger partial charge in [0.05, 0.1) is 5.60 Å². The molecule has 3 N–H and O–H groups in total. The Morgan fingerprint density at radius 3 is 2.00 bits per heavy atom. The first-order valence-electron chi connectivity index (χ1n) is 3.43. The van der Waals surface area contributed by atoms with Crippen LogP contribution in [0.25, 0.3) is 0 Å². The van der Waals surface area contributed by atoms with E-state index in [1.807, 2.05) is 0 Å². The summed E-state index contributed by atoms with van der Waals surface area (Å²) in [5, 5.41) is 9.65. The Bertz CT molecular complexity index is 122. The molecule has 1 atom stereocenters. The quantitative estimate of drug-likeness (QED) is 0.580. The van der Waals surface area contributed by atoms with Crippen LogP contribution in [0.4, 0.5) is 0 Å². The number of nitrogens with two attached hydrogens (primary N) is 1. The second-order valence-corrected chi connectivity index (χ2v) is 3.49. The SMILES string of the molecule is C=CCC(C)(O)C(C)(C)N. The number of rotatable bonds is 3. The molecule has 2 heteroatoms. The monoisotopic (exact) mass is 143 g/mol. The summed E-state index contributed by atoms with van der Waals surface area (Å²) in [5.74, 6) is 0. The van der Waals surface area contributed by atoms with E-state index in [0.717, 1.165) is 0 Å². The second kappa shape index (κ2) is 2.72. The van der Waals surface area contributed by atoms with Crippen molar-refractivity contribution in [2.24, 2.45) is 5.73 Å². The van der Waals surface area contributed by atoms with Gasteiger partial charge in [0.15, 0.2) is 0 Å². The van der Waals surface area contributed by atoms with E-state index in [0.29, 0.717) is 6.42 Å². The fourth-order valence-electron chi connectivity index (χ4n) is 0.544. The summed E-state index contributed by atoms with van der Waals surface area (Å²) in [7, 11) is 0. The third-order valence-electron chi connectivity index (χ3n) is 1.93. The minimum atomic E-state index is -0.852. The molecule has 0 aliphatic carbocycles. The van der Waals surface area contributed by atoms with Crippen molar-refractivity contribution in [3.05, 3.63) is 12.7 Å². The van der Waals surface area contributed by atoms with Crippen molar-refractivity contribution in [3.8, 4) is 0 Å². The highest BCUT2D eigenvalue weighted by molar-refractivity contribution is 4.97. The normalized spacial score (nSPS) is 18.1. The highest BCUT2D eigenvalue weighted by atomic mass is 16.3. The summed E-state index contributed by atoms with van der Waals surface area (Å²) in [6, 6.07) is 0. The molecular formula is C8H17NO. The molecular weight excluding hydrogens is 126 g/mol. The topological polar surface area (TPSA) is 46.2 Å². The molecule has 0 spiro atoms. The molecule has 0 bridgehead atoms. The zero-order valence-electron chi connectivity index (χ0n) is 7.02. The van der Waals surface area contributed by atoms with Crippen LogP contribution in [0.5, 0.6) is 0 Å². The van der Waals surface area contributed by atoms with Gasteiger partial charge >= 0.3 is 0 Å². The zero-order valence-corrected chi connectivity index (χ0v) is 7.02. The Morgan fingerprint density at radius 2 is 1.90 bits per heavy atom. The van der Waals surface area contributed by atoms with E-state index in [4.69, 9.17) is 5.73 Å². The first-order valence-corrected chi connectivity index (χ1v) is 3.43. The van der Waals surface area contributed by atoms with Crippen LogP contribution >= 0.6 is 0 Å². The third kappa shape index (κ3) is 2.12. The van der Waals surface area contributed by atoms with Gasteiger partial charge in [-0.2, -0.15) is 0 Å². The van der Waals surface area contributed by atoms with Gasteiger partial charge in [0.1, 0.15) is 0 Å². The van der Waals surface area contributed by atoms with Gasteiger partial charge < -0.3 is 10.8 Å². The van der Waals surface area contributed by atoms with Gasteiger partial charge in [0, 0.05) is 5.54 Å². The lowest BCUT2D eigenvalue weighted by Crippen LogP contribution is -2.54. The second-order valence-electron chi connectivity index (χ2n) is 3.49. The fraction of sp³-hybridized carbons (Fsp3) is 0.750. The highest BCUT2D eigenvalue weighted by Crippen LogP contribution is 2.22. The van der Waals surface area contributed by atoms with Crippen LogP contribution in [0, 0.1) is 0 Å². The average molecular weight is 143 g/mol. The molecule has 0 aromatic rings. The molecule has 0 saturated heterocycles. The summed E-state index contributed by atoms with van der Waals surface area (Å²) >= 11 is 0. The molecule has 0 rings (SSSR count). The lowest BCUT2D eigenvalue weighted by atomic mass is 9.83. The lowest BCUT2D eigenvalue weighted by molar-refractivity contribution is -0.000859. The van der Waals surface area contributed by atoms with E-state index < -0.39 is 11.1 Å². The van der Waals surface area contributed by atoms with E-state index in [2.05, 4.69) is 6.58 Å². The molecule has 0 aliphatic rings. The van der Waals surface area contributed by atoms with E-state index in [1.165, 1.54) is 0 Å². The fourth-order valence-corrected chi connectivity index (χ4v) is 0.544. The molecule has 0 aliphatic heterocycles. The van der Waals surface area contributed by atoms with E-state index in [9.17, 15) is 5.11 Å². The third-order valence-corrected chi connectivity index (χ3v) is 1.93. The summed E-state index contributed by atoms with van der Waals surface area (Å²) in [6.07, 6.45) is 2.20. The van der Waals surface area contributed by atoms with E-state index >= 15 is 0 Å². The molecule has 1 unspecified atom stereocenters. The molecule has 10 heavy (non-hydrogen) atoms. The minimum Gasteiger partial charge on any atom is -0.388 e. The van der Waals surface area contributed by atoms with Crippen molar-refractivity contribution in [3.63, 3.8) is 0 Å². The number of aliphatic hydroxyl groups is 1. The first kappa shape index (κ1) is 9.66. The predicted octanol–water partition coefficient (Wildman–Crippen LogP) is 1.05. The van der Waals surface area contributed by atoms with Crippen LogP contribution in [0.3, 0.4) is 0 Å². The maximum absolute atomic E-state index is 9.65. The van der Waals surface area contributed by atoms with Gasteiger partial charge in [-0.3, -0.25) is 0 Å². The lowest BCUT2D eigenvalue weighted by Gasteiger charge is -2.35. The zero-order chi connectivity index (χ0) is 8.41. The van der Waals surface area contributed by atoms with Gasteiger partial charge in [0.25, 0.3) is 0 Å². The Labute approximate surface area is 62.7 Å². The van der Waals surface area contributed by atoms with Gasteiger partial charge in [-0.15, -0.1) is 6.58 Å². The van der Waals surface area contributed by atoms with Crippen LogP contribution in [-0.2, 0) is 0 Å². The Morgan fingerprint density at radius 1 is 1.50 bits per heavy atom. The van der Waals surface area contributed by atoms with Crippen LogP contribution in [0.1, 0.15) is 27.2 Å². The summed E-state index contributed by atoms with van der Waals surface area (Å²) in [5.41, 5.74) is 4.28. The maximum atomic E-state index is 9.65. The average Bonchev–Trinajstić information content (AvgIpc) is 1.61. The van der Waals surface area contributed by atoms with Crippen LogP contribution in [0.2, 0.25) is 0 Å². The Hall–Kier alpha value is -0.340.